The SMILES string of the molecule is COc1ccc(-c2csc(NC(=O)CCc3nc(-c4ccc(OC)cc4)no3)n2)cc1. The van der Waals surface area contributed by atoms with Crippen molar-refractivity contribution < 1.29 is 18.8 Å². The van der Waals surface area contributed by atoms with Crippen molar-refractivity contribution in [1.82, 2.24) is 15.1 Å². The summed E-state index contributed by atoms with van der Waals surface area (Å²) in [6, 6.07) is 15.0. The highest BCUT2D eigenvalue weighted by molar-refractivity contribution is 7.14. The number of carbonyl (C=O) groups excluding carboxylic acids is 1. The number of aromatic nitrogens is 3. The van der Waals surface area contributed by atoms with Crippen LogP contribution in [0.1, 0.15) is 12.3 Å². The third-order valence-corrected chi connectivity index (χ3v) is 5.28. The van der Waals surface area contributed by atoms with E-state index in [1.807, 2.05) is 53.9 Å². The second-order valence-corrected chi connectivity index (χ2v) is 7.41. The Morgan fingerprint density at radius 3 is 2.26 bits per heavy atom. The van der Waals surface area contributed by atoms with Gasteiger partial charge in [0, 0.05) is 29.3 Å². The van der Waals surface area contributed by atoms with Crippen molar-refractivity contribution in [3.05, 3.63) is 59.8 Å². The molecule has 0 spiro atoms. The van der Waals surface area contributed by atoms with Gasteiger partial charge in [0.1, 0.15) is 11.5 Å². The molecular formula is C22H20N4O4S. The minimum Gasteiger partial charge on any atom is -0.497 e. The highest BCUT2D eigenvalue weighted by Gasteiger charge is 2.13. The Balaban J connectivity index is 1.31. The normalized spacial score (nSPS) is 10.6. The maximum Gasteiger partial charge on any atom is 0.227 e. The molecule has 0 bridgehead atoms. The highest BCUT2D eigenvalue weighted by Crippen LogP contribution is 2.26. The molecule has 0 fully saturated rings. The van der Waals surface area contributed by atoms with Crippen molar-refractivity contribution in [1.29, 1.82) is 0 Å². The molecule has 4 aromatic rings. The van der Waals surface area contributed by atoms with E-state index in [9.17, 15) is 4.79 Å². The molecule has 0 aliphatic rings. The molecule has 0 saturated carbocycles. The third-order valence-electron chi connectivity index (χ3n) is 4.52. The molecule has 0 saturated heterocycles. The topological polar surface area (TPSA) is 99.4 Å². The van der Waals surface area contributed by atoms with Crippen molar-refractivity contribution in [3.63, 3.8) is 0 Å². The molecular weight excluding hydrogens is 416 g/mol. The van der Waals surface area contributed by atoms with Crippen LogP contribution in [0.15, 0.2) is 58.4 Å². The van der Waals surface area contributed by atoms with Gasteiger partial charge in [0.05, 0.1) is 19.9 Å². The molecule has 0 radical (unpaired) electrons. The zero-order chi connectivity index (χ0) is 21.6. The molecule has 0 aliphatic heterocycles. The number of aryl methyl sites for hydroxylation is 1. The number of nitrogens with zero attached hydrogens (tertiary/aromatic N) is 3. The first-order chi connectivity index (χ1) is 15.1. The summed E-state index contributed by atoms with van der Waals surface area (Å²) in [5.74, 6) is 2.24. The van der Waals surface area contributed by atoms with Crippen LogP contribution in [0.4, 0.5) is 5.13 Å². The van der Waals surface area contributed by atoms with Crippen molar-refractivity contribution >= 4 is 22.4 Å². The first-order valence-electron chi connectivity index (χ1n) is 9.51. The zero-order valence-corrected chi connectivity index (χ0v) is 17.8. The van der Waals surface area contributed by atoms with Gasteiger partial charge in [-0.2, -0.15) is 4.98 Å². The van der Waals surface area contributed by atoms with Gasteiger partial charge in [-0.1, -0.05) is 5.16 Å². The largest absolute Gasteiger partial charge is 0.497 e. The lowest BCUT2D eigenvalue weighted by Crippen LogP contribution is -2.12. The second-order valence-electron chi connectivity index (χ2n) is 6.55. The Morgan fingerprint density at radius 2 is 1.61 bits per heavy atom. The zero-order valence-electron chi connectivity index (χ0n) is 17.0. The van der Waals surface area contributed by atoms with Gasteiger partial charge in [0.15, 0.2) is 5.13 Å². The van der Waals surface area contributed by atoms with Crippen molar-refractivity contribution in [2.24, 2.45) is 0 Å². The van der Waals surface area contributed by atoms with E-state index in [-0.39, 0.29) is 12.3 Å². The molecule has 31 heavy (non-hydrogen) atoms. The van der Waals surface area contributed by atoms with E-state index in [1.54, 1.807) is 14.2 Å². The molecule has 4 rings (SSSR count). The van der Waals surface area contributed by atoms with Gasteiger partial charge in [0.2, 0.25) is 17.6 Å². The van der Waals surface area contributed by atoms with Gasteiger partial charge < -0.3 is 19.3 Å². The number of carbonyl (C=O) groups is 1. The molecule has 0 atom stereocenters. The Hall–Kier alpha value is -3.72. The summed E-state index contributed by atoms with van der Waals surface area (Å²) in [7, 11) is 3.23. The molecule has 0 aliphatic carbocycles. The lowest BCUT2D eigenvalue weighted by Gasteiger charge is -2.01. The van der Waals surface area contributed by atoms with Crippen LogP contribution in [-0.4, -0.2) is 35.3 Å². The predicted octanol–water partition coefficient (Wildman–Crippen LogP) is 4.45. The van der Waals surface area contributed by atoms with Crippen LogP contribution in [0.25, 0.3) is 22.6 Å². The summed E-state index contributed by atoms with van der Waals surface area (Å²) >= 11 is 1.37. The molecule has 1 N–H and O–H groups in total. The van der Waals surface area contributed by atoms with E-state index in [2.05, 4.69) is 20.4 Å². The van der Waals surface area contributed by atoms with Crippen molar-refractivity contribution in [2.45, 2.75) is 12.8 Å². The van der Waals surface area contributed by atoms with Gasteiger partial charge in [-0.25, -0.2) is 4.98 Å². The van der Waals surface area contributed by atoms with Crippen LogP contribution in [-0.2, 0) is 11.2 Å². The second kappa shape index (κ2) is 9.40. The predicted molar refractivity (Wildman–Crippen MR) is 117 cm³/mol. The summed E-state index contributed by atoms with van der Waals surface area (Å²) in [4.78, 5) is 21.1. The van der Waals surface area contributed by atoms with Gasteiger partial charge in [0.25, 0.3) is 0 Å². The number of thiazole rings is 1. The van der Waals surface area contributed by atoms with Gasteiger partial charge in [-0.05, 0) is 48.5 Å². The number of hydrogen-bond donors (Lipinski definition) is 1. The third kappa shape index (κ3) is 5.07. The van der Waals surface area contributed by atoms with Crippen LogP contribution in [0.5, 0.6) is 11.5 Å². The molecule has 158 valence electrons. The van der Waals surface area contributed by atoms with E-state index < -0.39 is 0 Å². The van der Waals surface area contributed by atoms with E-state index >= 15 is 0 Å². The van der Waals surface area contributed by atoms with Crippen LogP contribution in [0.3, 0.4) is 0 Å². The number of hydrogen-bond acceptors (Lipinski definition) is 8. The van der Waals surface area contributed by atoms with E-state index in [1.165, 1.54) is 11.3 Å². The van der Waals surface area contributed by atoms with E-state index in [4.69, 9.17) is 14.0 Å². The molecule has 2 heterocycles. The Kier molecular flexibility index (Phi) is 6.23. The number of methoxy groups -OCH3 is 2. The molecule has 8 nitrogen and oxygen atoms in total. The number of nitrogens with one attached hydrogen (secondary N) is 1. The fraction of sp³-hybridized carbons (Fsp3) is 0.182. The monoisotopic (exact) mass is 436 g/mol. The Morgan fingerprint density at radius 1 is 0.968 bits per heavy atom. The lowest BCUT2D eigenvalue weighted by atomic mass is 10.2. The summed E-state index contributed by atoms with van der Waals surface area (Å²) in [5.41, 5.74) is 2.56. The van der Waals surface area contributed by atoms with Crippen LogP contribution in [0, 0.1) is 0 Å². The van der Waals surface area contributed by atoms with E-state index in [0.717, 1.165) is 28.3 Å². The fourth-order valence-electron chi connectivity index (χ4n) is 2.84. The molecule has 0 unspecified atom stereocenters. The van der Waals surface area contributed by atoms with Gasteiger partial charge in [-0.15, -0.1) is 11.3 Å². The maximum absolute atomic E-state index is 12.3. The summed E-state index contributed by atoms with van der Waals surface area (Å²) < 4.78 is 15.6. The fourth-order valence-corrected chi connectivity index (χ4v) is 3.58. The summed E-state index contributed by atoms with van der Waals surface area (Å²) in [6.07, 6.45) is 0.549. The first kappa shape index (κ1) is 20.5. The van der Waals surface area contributed by atoms with Gasteiger partial charge in [-0.3, -0.25) is 4.79 Å². The van der Waals surface area contributed by atoms with Crippen LogP contribution in [0.2, 0.25) is 0 Å². The highest BCUT2D eigenvalue weighted by atomic mass is 32.1. The quantitative estimate of drug-likeness (QED) is 0.436. The standard InChI is InChI=1S/C22H20N4O4S/c1-28-16-7-3-14(4-8-16)18-13-31-22(23-18)24-19(27)11-12-20-25-21(26-30-20)15-5-9-17(29-2)10-6-15/h3-10,13H,11-12H2,1-2H3,(H,23,24,27). The molecule has 9 heteroatoms. The average molecular weight is 436 g/mol. The number of benzene rings is 2. The Bertz CT molecular complexity index is 1150. The first-order valence-corrected chi connectivity index (χ1v) is 10.4. The summed E-state index contributed by atoms with van der Waals surface area (Å²) in [6.45, 7) is 0. The Labute approximate surface area is 182 Å². The minimum atomic E-state index is -0.167. The maximum atomic E-state index is 12.3. The number of rotatable bonds is 8. The number of anilines is 1. The molecule has 1 amide bonds. The van der Waals surface area contributed by atoms with Gasteiger partial charge >= 0.3 is 0 Å². The van der Waals surface area contributed by atoms with Crippen molar-refractivity contribution in [2.75, 3.05) is 19.5 Å². The van der Waals surface area contributed by atoms with E-state index in [0.29, 0.717) is 23.3 Å². The lowest BCUT2D eigenvalue weighted by molar-refractivity contribution is -0.116. The minimum absolute atomic E-state index is 0.167. The molecule has 2 aromatic heterocycles. The van der Waals surface area contributed by atoms with Crippen LogP contribution < -0.4 is 14.8 Å². The number of amides is 1. The number of ether oxygens (including phenoxy) is 2. The van der Waals surface area contributed by atoms with Crippen LogP contribution >= 0.6 is 11.3 Å². The summed E-state index contributed by atoms with van der Waals surface area (Å²) in [5, 5.41) is 9.23. The molecule has 2 aromatic carbocycles. The van der Waals surface area contributed by atoms with Crippen molar-refractivity contribution in [3.8, 4) is 34.1 Å². The average Bonchev–Trinajstić information content (AvgIpc) is 3.48. The smallest absolute Gasteiger partial charge is 0.227 e.